The third-order valence-corrected chi connectivity index (χ3v) is 7.59. The van der Waals surface area contributed by atoms with Crippen LogP contribution in [-0.4, -0.2) is 10.8 Å². The minimum absolute atomic E-state index is 0.219. The molecule has 28 heavy (non-hydrogen) atoms. The molecule has 0 aromatic heterocycles. The molecular weight excluding hydrogens is 362 g/mol. The summed E-state index contributed by atoms with van der Waals surface area (Å²) in [4.78, 5) is 0. The van der Waals surface area contributed by atoms with Crippen molar-refractivity contribution < 1.29 is 0 Å². The van der Waals surface area contributed by atoms with Gasteiger partial charge in [0, 0.05) is 5.71 Å². The van der Waals surface area contributed by atoms with E-state index in [9.17, 15) is 0 Å². The van der Waals surface area contributed by atoms with E-state index >= 15 is 0 Å². The van der Waals surface area contributed by atoms with Crippen LogP contribution < -0.4 is 11.2 Å². The Kier molecular flexibility index (Phi) is 7.89. The molecule has 0 aromatic carbocycles. The Hall–Kier alpha value is -1.16. The van der Waals surface area contributed by atoms with Crippen LogP contribution in [0.5, 0.6) is 0 Å². The van der Waals surface area contributed by atoms with Gasteiger partial charge in [-0.1, -0.05) is 51.0 Å². The van der Waals surface area contributed by atoms with Crippen LogP contribution >= 0.6 is 12.2 Å². The maximum absolute atomic E-state index is 5.41. The lowest BCUT2D eigenvalue weighted by Crippen LogP contribution is -2.49. The summed E-state index contributed by atoms with van der Waals surface area (Å²) in [5.41, 5.74) is 13.0. The first-order valence-electron chi connectivity index (χ1n) is 11.0. The molecule has 2 saturated carbocycles. The van der Waals surface area contributed by atoms with E-state index in [1.54, 1.807) is 0 Å². The molecule has 158 valence electrons. The second-order valence-corrected chi connectivity index (χ2v) is 10.5. The molecule has 0 heterocycles. The van der Waals surface area contributed by atoms with Gasteiger partial charge in [0.1, 0.15) is 0 Å². The third kappa shape index (κ3) is 5.68. The summed E-state index contributed by atoms with van der Waals surface area (Å²) in [6.45, 7) is 16.4. The second kappa shape index (κ2) is 9.56. The summed E-state index contributed by atoms with van der Waals surface area (Å²) in [6, 6.07) is 0. The van der Waals surface area contributed by atoms with E-state index in [0.29, 0.717) is 16.7 Å². The molecule has 0 aliphatic heterocycles. The molecule has 2 fully saturated rings. The lowest BCUT2D eigenvalue weighted by atomic mass is 9.47. The van der Waals surface area contributed by atoms with Gasteiger partial charge >= 0.3 is 0 Å². The molecule has 0 amide bonds. The van der Waals surface area contributed by atoms with E-state index in [1.807, 2.05) is 6.92 Å². The van der Waals surface area contributed by atoms with Crippen molar-refractivity contribution in [1.82, 2.24) is 5.43 Å². The molecule has 0 aromatic rings. The van der Waals surface area contributed by atoms with Crippen LogP contribution in [0, 0.1) is 22.7 Å². The van der Waals surface area contributed by atoms with Crippen LogP contribution in [0.3, 0.4) is 0 Å². The number of nitrogens with two attached hydrogens (primary N) is 1. The molecule has 2 rings (SSSR count). The highest BCUT2D eigenvalue weighted by Gasteiger charge is 2.52. The van der Waals surface area contributed by atoms with Crippen molar-refractivity contribution in [3.05, 3.63) is 23.8 Å². The third-order valence-electron chi connectivity index (χ3n) is 7.50. The van der Waals surface area contributed by atoms with Gasteiger partial charge in [-0.3, -0.25) is 5.43 Å². The van der Waals surface area contributed by atoms with Crippen LogP contribution in [0.4, 0.5) is 0 Å². The molecule has 2 aliphatic carbocycles. The number of nitrogens with one attached hydrogen (secondary N) is 1. The van der Waals surface area contributed by atoms with E-state index in [-0.39, 0.29) is 5.11 Å². The van der Waals surface area contributed by atoms with E-state index in [1.165, 1.54) is 56.1 Å². The van der Waals surface area contributed by atoms with Gasteiger partial charge in [0.05, 0.1) is 0 Å². The first kappa shape index (κ1) is 23.1. The minimum Gasteiger partial charge on any atom is -0.375 e. The first-order valence-corrected chi connectivity index (χ1v) is 11.4. The number of hydrazone groups is 1. The van der Waals surface area contributed by atoms with Gasteiger partial charge in [-0.15, -0.1) is 0 Å². The molecule has 0 unspecified atom stereocenters. The van der Waals surface area contributed by atoms with Crippen molar-refractivity contribution in [2.45, 2.75) is 92.4 Å². The number of allylic oxidation sites excluding steroid dienone is 3. The Bertz CT molecular complexity index is 646. The maximum atomic E-state index is 5.41. The Morgan fingerprint density at radius 3 is 2.68 bits per heavy atom. The van der Waals surface area contributed by atoms with Crippen molar-refractivity contribution in [1.29, 1.82) is 0 Å². The monoisotopic (exact) mass is 403 g/mol. The number of nitrogens with zero attached hydrogens (tertiary/aromatic N) is 1. The maximum Gasteiger partial charge on any atom is 0.184 e. The van der Waals surface area contributed by atoms with Crippen molar-refractivity contribution in [2.75, 3.05) is 0 Å². The lowest BCUT2D eigenvalue weighted by molar-refractivity contribution is -0.0539. The average molecular weight is 404 g/mol. The number of fused-ring (bicyclic) bond motifs is 1. The molecule has 0 radical (unpaired) electrons. The Labute approximate surface area is 178 Å². The molecule has 2 aliphatic rings. The molecular formula is C24H41N3S. The molecule has 4 heteroatoms. The zero-order valence-corrected chi connectivity index (χ0v) is 19.6. The Balaban J connectivity index is 1.93. The van der Waals surface area contributed by atoms with Crippen molar-refractivity contribution in [3.63, 3.8) is 0 Å². The highest BCUT2D eigenvalue weighted by molar-refractivity contribution is 7.80. The predicted octanol–water partition coefficient (Wildman–Crippen LogP) is 6.50. The zero-order chi connectivity index (χ0) is 20.9. The number of hydrogen-bond acceptors (Lipinski definition) is 2. The second-order valence-electron chi connectivity index (χ2n) is 10.1. The summed E-state index contributed by atoms with van der Waals surface area (Å²) < 4.78 is 0. The van der Waals surface area contributed by atoms with E-state index in [4.69, 9.17) is 18.0 Å². The topological polar surface area (TPSA) is 50.4 Å². The van der Waals surface area contributed by atoms with Crippen molar-refractivity contribution >= 4 is 23.0 Å². The summed E-state index contributed by atoms with van der Waals surface area (Å²) in [6.07, 6.45) is 13.4. The molecule has 3 atom stereocenters. The van der Waals surface area contributed by atoms with Crippen molar-refractivity contribution in [3.8, 4) is 0 Å². The number of hydrogen-bond donors (Lipinski definition) is 2. The average Bonchev–Trinajstić information content (AvgIpc) is 2.58. The summed E-state index contributed by atoms with van der Waals surface area (Å²) in [5, 5.41) is 4.40. The fourth-order valence-electron chi connectivity index (χ4n) is 6.02. The smallest absolute Gasteiger partial charge is 0.184 e. The van der Waals surface area contributed by atoms with Crippen LogP contribution in [0.2, 0.25) is 0 Å². The summed E-state index contributed by atoms with van der Waals surface area (Å²) >= 11 is 4.78. The molecule has 0 bridgehead atoms. The fourth-order valence-corrected chi connectivity index (χ4v) is 6.06. The first-order chi connectivity index (χ1) is 13.1. The Morgan fingerprint density at radius 1 is 1.29 bits per heavy atom. The minimum atomic E-state index is 0.219. The van der Waals surface area contributed by atoms with Crippen molar-refractivity contribution in [2.24, 2.45) is 33.5 Å². The quantitative estimate of drug-likeness (QED) is 0.221. The SMILES string of the molecule is C=C1CC[C@@H]2C(C)(C)CCC[C@@]2(C)[C@H]1CC/C(C)=C\CC/C(C)=N\NC(N)=S. The summed E-state index contributed by atoms with van der Waals surface area (Å²) in [5.74, 6) is 1.51. The lowest BCUT2D eigenvalue weighted by Gasteiger charge is -2.58. The molecule has 0 spiro atoms. The van der Waals surface area contributed by atoms with Gasteiger partial charge in [-0.25, -0.2) is 0 Å². The van der Waals surface area contributed by atoms with Gasteiger partial charge in [-0.2, -0.15) is 5.10 Å². The Morgan fingerprint density at radius 2 is 2.00 bits per heavy atom. The van der Waals surface area contributed by atoms with Gasteiger partial charge < -0.3 is 5.73 Å². The number of rotatable bonds is 7. The highest BCUT2D eigenvalue weighted by atomic mass is 32.1. The van der Waals surface area contributed by atoms with Crippen LogP contribution in [0.15, 0.2) is 28.9 Å². The van der Waals surface area contributed by atoms with Gasteiger partial charge in [0.15, 0.2) is 5.11 Å². The fraction of sp³-hybridized carbons (Fsp3) is 0.750. The van der Waals surface area contributed by atoms with Gasteiger partial charge in [0.2, 0.25) is 0 Å². The van der Waals surface area contributed by atoms with Crippen LogP contribution in [0.25, 0.3) is 0 Å². The molecule has 0 saturated heterocycles. The number of thiocarbonyl (C=S) groups is 1. The van der Waals surface area contributed by atoms with E-state index in [0.717, 1.165) is 24.5 Å². The standard InChI is InChI=1S/C24H41N3S/c1-17(9-7-10-19(3)26-27-22(25)28)11-13-20-18(2)12-14-21-23(4,5)15-8-16-24(20,21)6/h9,20-21H,2,7-8,10-16H2,1,3-6H3,(H3,25,27,28)/b17-9-,26-19-/t20-,21+,24-/m0/s1. The van der Waals surface area contributed by atoms with Crippen LogP contribution in [-0.2, 0) is 0 Å². The predicted molar refractivity (Wildman–Crippen MR) is 126 cm³/mol. The van der Waals surface area contributed by atoms with E-state index in [2.05, 4.69) is 50.9 Å². The normalized spacial score (nSPS) is 30.7. The molecule has 3 N–H and O–H groups in total. The summed E-state index contributed by atoms with van der Waals surface area (Å²) in [7, 11) is 0. The zero-order valence-electron chi connectivity index (χ0n) is 18.7. The highest BCUT2D eigenvalue weighted by Crippen LogP contribution is 2.61. The van der Waals surface area contributed by atoms with Gasteiger partial charge in [-0.05, 0) is 100 Å². The van der Waals surface area contributed by atoms with Gasteiger partial charge in [0.25, 0.3) is 0 Å². The van der Waals surface area contributed by atoms with E-state index < -0.39 is 0 Å². The molecule has 3 nitrogen and oxygen atoms in total. The van der Waals surface area contributed by atoms with Crippen LogP contribution in [0.1, 0.15) is 92.4 Å². The largest absolute Gasteiger partial charge is 0.375 e.